The van der Waals surface area contributed by atoms with Crippen LogP contribution in [0, 0.1) is 5.41 Å². The maximum absolute atomic E-state index is 12.0. The van der Waals surface area contributed by atoms with Crippen LogP contribution in [0.1, 0.15) is 44.9 Å². The largest absolute Gasteiger partial charge is 0.337 e. The van der Waals surface area contributed by atoms with Gasteiger partial charge in [0.25, 0.3) is 0 Å². The van der Waals surface area contributed by atoms with Crippen molar-refractivity contribution in [3.05, 3.63) is 0 Å². The van der Waals surface area contributed by atoms with Crippen molar-refractivity contribution >= 4 is 16.1 Å². The zero-order valence-electron chi connectivity index (χ0n) is 12.9. The molecule has 2 rings (SSSR count). The summed E-state index contributed by atoms with van der Waals surface area (Å²) in [6.07, 6.45) is 10.0. The topological polar surface area (TPSA) is 78.5 Å². The number of nitrogens with one attached hydrogen (secondary N) is 2. The molecule has 7 heteroatoms. The molecular formula is C14H27N3O3S. The standard InChI is InChI=1S/C14H27N3O3S/c1-21(19,20)16-10-9-15-13(18)17-11-7-14(8-12-17)5-3-2-4-6-14/h16H,2-12H2,1H3,(H,15,18). The maximum Gasteiger partial charge on any atom is 0.317 e. The molecule has 2 aliphatic rings. The number of hydrogen-bond acceptors (Lipinski definition) is 3. The number of likely N-dealkylation sites (tertiary alicyclic amines) is 1. The highest BCUT2D eigenvalue weighted by Gasteiger charge is 2.36. The number of sulfonamides is 1. The highest BCUT2D eigenvalue weighted by Crippen LogP contribution is 2.44. The summed E-state index contributed by atoms with van der Waals surface area (Å²) >= 11 is 0. The van der Waals surface area contributed by atoms with Gasteiger partial charge in [0.2, 0.25) is 10.0 Å². The van der Waals surface area contributed by atoms with Gasteiger partial charge in [-0.2, -0.15) is 0 Å². The zero-order valence-corrected chi connectivity index (χ0v) is 13.7. The first-order valence-electron chi connectivity index (χ1n) is 7.88. The van der Waals surface area contributed by atoms with Gasteiger partial charge in [0, 0.05) is 26.2 Å². The summed E-state index contributed by atoms with van der Waals surface area (Å²) in [7, 11) is -3.18. The van der Waals surface area contributed by atoms with E-state index in [-0.39, 0.29) is 12.6 Å². The monoisotopic (exact) mass is 317 g/mol. The van der Waals surface area contributed by atoms with E-state index in [2.05, 4.69) is 10.0 Å². The van der Waals surface area contributed by atoms with Gasteiger partial charge in [-0.25, -0.2) is 17.9 Å². The molecule has 1 heterocycles. The average Bonchev–Trinajstić information content (AvgIpc) is 2.44. The molecule has 1 aliphatic carbocycles. The second-order valence-corrected chi connectivity index (χ2v) is 8.28. The Morgan fingerprint density at radius 1 is 1.05 bits per heavy atom. The van der Waals surface area contributed by atoms with E-state index in [9.17, 15) is 13.2 Å². The van der Waals surface area contributed by atoms with Gasteiger partial charge in [0.1, 0.15) is 0 Å². The fraction of sp³-hybridized carbons (Fsp3) is 0.929. The summed E-state index contributed by atoms with van der Waals surface area (Å²) in [5, 5.41) is 2.78. The fourth-order valence-electron chi connectivity index (χ4n) is 3.50. The van der Waals surface area contributed by atoms with Crippen molar-refractivity contribution in [1.82, 2.24) is 14.9 Å². The Hall–Kier alpha value is -0.820. The normalized spacial score (nSPS) is 22.2. The number of urea groups is 1. The Balaban J connectivity index is 1.68. The molecule has 2 N–H and O–H groups in total. The van der Waals surface area contributed by atoms with Crippen molar-refractivity contribution in [2.75, 3.05) is 32.4 Å². The lowest BCUT2D eigenvalue weighted by Crippen LogP contribution is -2.49. The summed E-state index contributed by atoms with van der Waals surface area (Å²) in [6, 6.07) is -0.0732. The van der Waals surface area contributed by atoms with Gasteiger partial charge in [0.15, 0.2) is 0 Å². The van der Waals surface area contributed by atoms with Crippen LogP contribution in [0.2, 0.25) is 0 Å². The van der Waals surface area contributed by atoms with Gasteiger partial charge in [-0.15, -0.1) is 0 Å². The van der Waals surface area contributed by atoms with Crippen molar-refractivity contribution in [3.63, 3.8) is 0 Å². The van der Waals surface area contributed by atoms with E-state index in [0.29, 0.717) is 12.0 Å². The quantitative estimate of drug-likeness (QED) is 0.767. The molecule has 0 atom stereocenters. The summed E-state index contributed by atoms with van der Waals surface area (Å²) in [5.41, 5.74) is 0.493. The van der Waals surface area contributed by atoms with Crippen molar-refractivity contribution < 1.29 is 13.2 Å². The number of nitrogens with zero attached hydrogens (tertiary/aromatic N) is 1. The van der Waals surface area contributed by atoms with E-state index in [1.54, 1.807) is 0 Å². The maximum atomic E-state index is 12.0. The second kappa shape index (κ2) is 6.96. The molecule has 6 nitrogen and oxygen atoms in total. The summed E-state index contributed by atoms with van der Waals surface area (Å²) in [6.45, 7) is 2.21. The zero-order chi connectivity index (χ0) is 15.3. The second-order valence-electron chi connectivity index (χ2n) is 6.45. The number of hydrogen-bond donors (Lipinski definition) is 2. The van der Waals surface area contributed by atoms with Crippen LogP contribution in [0.5, 0.6) is 0 Å². The Bertz CT molecular complexity index is 448. The minimum absolute atomic E-state index is 0.0732. The van der Waals surface area contributed by atoms with Gasteiger partial charge in [0.05, 0.1) is 6.26 Å². The molecule has 2 fully saturated rings. The lowest BCUT2D eigenvalue weighted by Gasteiger charge is -2.44. The first kappa shape index (κ1) is 16.5. The summed E-state index contributed by atoms with van der Waals surface area (Å²) < 4.78 is 24.2. The van der Waals surface area contributed by atoms with Crippen LogP contribution in [0.3, 0.4) is 0 Å². The average molecular weight is 317 g/mol. The van der Waals surface area contributed by atoms with Crippen molar-refractivity contribution in [2.45, 2.75) is 44.9 Å². The summed E-state index contributed by atoms with van der Waals surface area (Å²) in [5.74, 6) is 0. The molecule has 21 heavy (non-hydrogen) atoms. The van der Waals surface area contributed by atoms with Crippen molar-refractivity contribution in [1.29, 1.82) is 0 Å². The van der Waals surface area contributed by atoms with E-state index in [4.69, 9.17) is 0 Å². The lowest BCUT2D eigenvalue weighted by molar-refractivity contribution is 0.0813. The molecule has 1 saturated heterocycles. The Labute approximate surface area is 127 Å². The number of carbonyl (C=O) groups is 1. The molecule has 0 aromatic rings. The molecule has 2 amide bonds. The minimum atomic E-state index is -3.18. The van der Waals surface area contributed by atoms with Crippen LogP contribution in [0.25, 0.3) is 0 Å². The third kappa shape index (κ3) is 5.14. The van der Waals surface area contributed by atoms with Crippen LogP contribution in [-0.4, -0.2) is 51.8 Å². The van der Waals surface area contributed by atoms with E-state index in [1.807, 2.05) is 4.90 Å². The molecule has 0 aromatic carbocycles. The van der Waals surface area contributed by atoms with E-state index in [0.717, 1.165) is 32.2 Å². The third-order valence-electron chi connectivity index (χ3n) is 4.79. The summed E-state index contributed by atoms with van der Waals surface area (Å²) in [4.78, 5) is 13.9. The number of rotatable bonds is 4. The van der Waals surface area contributed by atoms with Crippen LogP contribution in [0.4, 0.5) is 4.79 Å². The molecule has 0 radical (unpaired) electrons. The molecule has 0 unspecified atom stereocenters. The van der Waals surface area contributed by atoms with E-state index in [1.165, 1.54) is 32.1 Å². The van der Waals surface area contributed by atoms with Gasteiger partial charge in [-0.1, -0.05) is 19.3 Å². The van der Waals surface area contributed by atoms with Crippen LogP contribution < -0.4 is 10.0 Å². The molecular weight excluding hydrogens is 290 g/mol. The molecule has 1 spiro atoms. The van der Waals surface area contributed by atoms with Gasteiger partial charge >= 0.3 is 6.03 Å². The minimum Gasteiger partial charge on any atom is -0.337 e. The first-order valence-corrected chi connectivity index (χ1v) is 9.77. The van der Waals surface area contributed by atoms with Gasteiger partial charge in [-0.05, 0) is 31.1 Å². The SMILES string of the molecule is CS(=O)(=O)NCCNC(=O)N1CCC2(CCCCC2)CC1. The van der Waals surface area contributed by atoms with Crippen LogP contribution in [0.15, 0.2) is 0 Å². The molecule has 1 saturated carbocycles. The third-order valence-corrected chi connectivity index (χ3v) is 5.52. The molecule has 0 aromatic heterocycles. The highest BCUT2D eigenvalue weighted by molar-refractivity contribution is 7.88. The molecule has 122 valence electrons. The van der Waals surface area contributed by atoms with Gasteiger partial charge < -0.3 is 10.2 Å². The highest BCUT2D eigenvalue weighted by atomic mass is 32.2. The lowest BCUT2D eigenvalue weighted by atomic mass is 9.68. The fourth-order valence-corrected chi connectivity index (χ4v) is 3.98. The van der Waals surface area contributed by atoms with Crippen molar-refractivity contribution in [3.8, 4) is 0 Å². The molecule has 0 bridgehead atoms. The predicted octanol–water partition coefficient (Wildman–Crippen LogP) is 1.29. The number of amides is 2. The number of piperidine rings is 1. The number of carbonyl (C=O) groups excluding carboxylic acids is 1. The van der Waals surface area contributed by atoms with Gasteiger partial charge in [-0.3, -0.25) is 0 Å². The Kier molecular flexibility index (Phi) is 5.48. The van der Waals surface area contributed by atoms with E-state index < -0.39 is 10.0 Å². The van der Waals surface area contributed by atoms with Crippen LogP contribution >= 0.6 is 0 Å². The smallest absolute Gasteiger partial charge is 0.317 e. The first-order chi connectivity index (χ1) is 9.90. The van der Waals surface area contributed by atoms with Crippen LogP contribution in [-0.2, 0) is 10.0 Å². The van der Waals surface area contributed by atoms with Crippen molar-refractivity contribution in [2.24, 2.45) is 5.41 Å². The molecule has 1 aliphatic heterocycles. The Morgan fingerprint density at radius 2 is 1.67 bits per heavy atom. The van der Waals surface area contributed by atoms with E-state index >= 15 is 0 Å². The Morgan fingerprint density at radius 3 is 2.24 bits per heavy atom. The predicted molar refractivity (Wildman–Crippen MR) is 82.6 cm³/mol.